The minimum atomic E-state index is -4.02. The lowest BCUT2D eigenvalue weighted by atomic mass is 10.0. The van der Waals surface area contributed by atoms with E-state index < -0.39 is 46.2 Å². The lowest BCUT2D eigenvalue weighted by Crippen LogP contribution is -2.52. The zero-order chi connectivity index (χ0) is 25.3. The van der Waals surface area contributed by atoms with Gasteiger partial charge in [-0.3, -0.25) is 14.4 Å². The Morgan fingerprint density at radius 2 is 1.68 bits per heavy atom. The molecule has 2 atom stereocenters. The lowest BCUT2D eigenvalue weighted by molar-refractivity contribution is -0.140. The van der Waals surface area contributed by atoms with Gasteiger partial charge in [0.15, 0.2) is 10.9 Å². The van der Waals surface area contributed by atoms with Crippen LogP contribution in [0.4, 0.5) is 0 Å². The summed E-state index contributed by atoms with van der Waals surface area (Å²) in [5.41, 5.74) is 0.879. The Balaban J connectivity index is 2.16. The summed E-state index contributed by atoms with van der Waals surface area (Å²) in [4.78, 5) is 45.0. The third-order valence-electron chi connectivity index (χ3n) is 4.62. The van der Waals surface area contributed by atoms with Gasteiger partial charge in [0.05, 0.1) is 23.1 Å². The first-order valence-electron chi connectivity index (χ1n) is 10.5. The van der Waals surface area contributed by atoms with Crippen molar-refractivity contribution in [2.24, 2.45) is 5.92 Å². The number of nitrogens with one attached hydrogen (secondary N) is 2. The quantitative estimate of drug-likeness (QED) is 0.271. The molecule has 184 valence electrons. The standard InChI is InChI=1S/C22H28N4O6S2/c1-14(2)11-18(26-34(31,32)16-7-5-15(3)6-8-16)21(30)25-17(12-20(28)29)19(27)13-33-22-23-9-4-10-24-22/h4-10,14,17-18,26H,11-13H2,1-3H3,(H,25,30)(H,28,29)/t17-,18-/m0/s1. The molecule has 34 heavy (non-hydrogen) atoms. The number of aliphatic carboxylic acids is 1. The van der Waals surface area contributed by atoms with Gasteiger partial charge in [-0.25, -0.2) is 18.4 Å². The van der Waals surface area contributed by atoms with Crippen molar-refractivity contribution >= 4 is 39.4 Å². The SMILES string of the molecule is Cc1ccc(S(=O)(=O)N[C@@H](CC(C)C)C(=O)N[C@@H](CC(=O)O)C(=O)CSc2ncccn2)cc1. The van der Waals surface area contributed by atoms with E-state index in [1.165, 1.54) is 24.5 Å². The molecule has 12 heteroatoms. The number of hydrogen-bond donors (Lipinski definition) is 3. The number of Topliss-reactive ketones (excluding diaryl/α,β-unsaturated/α-hetero) is 1. The van der Waals surface area contributed by atoms with Gasteiger partial charge in [-0.2, -0.15) is 4.72 Å². The van der Waals surface area contributed by atoms with Crippen LogP contribution < -0.4 is 10.0 Å². The highest BCUT2D eigenvalue weighted by Crippen LogP contribution is 2.15. The van der Waals surface area contributed by atoms with Gasteiger partial charge in [-0.15, -0.1) is 0 Å². The number of rotatable bonds is 13. The predicted molar refractivity (Wildman–Crippen MR) is 127 cm³/mol. The molecule has 0 aliphatic rings. The Labute approximate surface area is 203 Å². The molecule has 0 aliphatic carbocycles. The first kappa shape index (κ1) is 27.4. The van der Waals surface area contributed by atoms with E-state index >= 15 is 0 Å². The number of aryl methyl sites for hydroxylation is 1. The van der Waals surface area contributed by atoms with E-state index in [0.29, 0.717) is 5.16 Å². The Bertz CT molecular complexity index is 1090. The number of carboxylic acid groups (broad SMARTS) is 1. The predicted octanol–water partition coefficient (Wildman–Crippen LogP) is 1.80. The number of amides is 1. The van der Waals surface area contributed by atoms with E-state index in [-0.39, 0.29) is 23.0 Å². The zero-order valence-electron chi connectivity index (χ0n) is 19.1. The smallest absolute Gasteiger partial charge is 0.305 e. The molecule has 0 saturated heterocycles. The van der Waals surface area contributed by atoms with Crippen molar-refractivity contribution in [2.75, 3.05) is 5.75 Å². The minimum Gasteiger partial charge on any atom is -0.481 e. The maximum atomic E-state index is 13.0. The molecule has 0 aliphatic heterocycles. The first-order valence-corrected chi connectivity index (χ1v) is 13.0. The molecule has 0 spiro atoms. The molecule has 0 bridgehead atoms. The number of thioether (sulfide) groups is 1. The zero-order valence-corrected chi connectivity index (χ0v) is 20.7. The average molecular weight is 509 g/mol. The fraction of sp³-hybridized carbons (Fsp3) is 0.409. The van der Waals surface area contributed by atoms with Crippen LogP contribution in [0.5, 0.6) is 0 Å². The Morgan fingerprint density at radius 1 is 1.06 bits per heavy atom. The number of benzene rings is 1. The number of carbonyl (C=O) groups excluding carboxylic acids is 2. The maximum absolute atomic E-state index is 13.0. The molecule has 0 unspecified atom stereocenters. The van der Waals surface area contributed by atoms with Crippen molar-refractivity contribution in [3.63, 3.8) is 0 Å². The fourth-order valence-corrected chi connectivity index (χ4v) is 4.89. The highest BCUT2D eigenvalue weighted by Gasteiger charge is 2.31. The van der Waals surface area contributed by atoms with Crippen LogP contribution >= 0.6 is 11.8 Å². The van der Waals surface area contributed by atoms with Crippen molar-refractivity contribution in [1.82, 2.24) is 20.0 Å². The number of carboxylic acids is 1. The van der Waals surface area contributed by atoms with Gasteiger partial charge < -0.3 is 10.4 Å². The van der Waals surface area contributed by atoms with E-state index in [9.17, 15) is 27.9 Å². The minimum absolute atomic E-state index is 0.00270. The number of hydrogen-bond acceptors (Lipinski definition) is 8. The second-order valence-electron chi connectivity index (χ2n) is 8.06. The summed E-state index contributed by atoms with van der Waals surface area (Å²) in [5.74, 6) is -2.81. The average Bonchev–Trinajstić information content (AvgIpc) is 2.76. The molecule has 1 aromatic carbocycles. The van der Waals surface area contributed by atoms with Crippen LogP contribution in [0.2, 0.25) is 0 Å². The van der Waals surface area contributed by atoms with Crippen molar-refractivity contribution in [3.05, 3.63) is 48.3 Å². The Morgan fingerprint density at radius 3 is 2.24 bits per heavy atom. The van der Waals surface area contributed by atoms with Crippen molar-refractivity contribution in [1.29, 1.82) is 0 Å². The van der Waals surface area contributed by atoms with Gasteiger partial charge in [-0.1, -0.05) is 43.3 Å². The molecule has 2 aromatic rings. The van der Waals surface area contributed by atoms with Crippen LogP contribution in [0.15, 0.2) is 52.8 Å². The Kier molecular flexibility index (Phi) is 10.1. The van der Waals surface area contributed by atoms with E-state index in [1.807, 2.05) is 20.8 Å². The molecule has 3 N–H and O–H groups in total. The summed E-state index contributed by atoms with van der Waals surface area (Å²) in [5, 5.41) is 12.0. The topological polar surface area (TPSA) is 155 Å². The number of carbonyl (C=O) groups is 3. The molecule has 2 rings (SSSR count). The largest absolute Gasteiger partial charge is 0.481 e. The van der Waals surface area contributed by atoms with E-state index in [4.69, 9.17) is 0 Å². The van der Waals surface area contributed by atoms with Crippen molar-refractivity contribution in [2.45, 2.75) is 55.7 Å². The molecule has 10 nitrogen and oxygen atoms in total. The summed E-state index contributed by atoms with van der Waals surface area (Å²) < 4.78 is 28.0. The second kappa shape index (κ2) is 12.6. The van der Waals surface area contributed by atoms with E-state index in [0.717, 1.165) is 17.3 Å². The van der Waals surface area contributed by atoms with Crippen molar-refractivity contribution in [3.8, 4) is 0 Å². The van der Waals surface area contributed by atoms with Crippen LogP contribution in [0.25, 0.3) is 0 Å². The molecule has 1 aromatic heterocycles. The lowest BCUT2D eigenvalue weighted by Gasteiger charge is -2.23. The van der Waals surface area contributed by atoms with Crippen LogP contribution in [-0.4, -0.2) is 59.0 Å². The molecular formula is C22H28N4O6S2. The monoisotopic (exact) mass is 508 g/mol. The summed E-state index contributed by atoms with van der Waals surface area (Å²) in [6.07, 6.45) is 2.53. The highest BCUT2D eigenvalue weighted by atomic mass is 32.2. The summed E-state index contributed by atoms with van der Waals surface area (Å²) in [7, 11) is -4.02. The van der Waals surface area contributed by atoms with Gasteiger partial charge >= 0.3 is 5.97 Å². The van der Waals surface area contributed by atoms with Gasteiger partial charge in [-0.05, 0) is 37.5 Å². The molecular weight excluding hydrogens is 480 g/mol. The van der Waals surface area contributed by atoms with Crippen molar-refractivity contribution < 1.29 is 27.9 Å². The number of sulfonamides is 1. The van der Waals surface area contributed by atoms with E-state index in [1.54, 1.807) is 18.2 Å². The van der Waals surface area contributed by atoms with Gasteiger partial charge in [0.1, 0.15) is 6.04 Å². The third-order valence-corrected chi connectivity index (χ3v) is 7.01. The van der Waals surface area contributed by atoms with Gasteiger partial charge in [0.25, 0.3) is 0 Å². The maximum Gasteiger partial charge on any atom is 0.305 e. The molecule has 0 fully saturated rings. The number of ketones is 1. The van der Waals surface area contributed by atoms with Crippen LogP contribution in [0.1, 0.15) is 32.3 Å². The molecule has 0 radical (unpaired) electrons. The molecule has 1 amide bonds. The summed E-state index contributed by atoms with van der Waals surface area (Å²) >= 11 is 1.01. The molecule has 1 heterocycles. The highest BCUT2D eigenvalue weighted by molar-refractivity contribution is 7.99. The fourth-order valence-electron chi connectivity index (χ4n) is 2.94. The molecule has 0 saturated carbocycles. The van der Waals surface area contributed by atoms with E-state index in [2.05, 4.69) is 20.0 Å². The summed E-state index contributed by atoms with van der Waals surface area (Å²) in [6.45, 7) is 5.45. The third kappa shape index (κ3) is 8.84. The van der Waals surface area contributed by atoms with Gasteiger partial charge in [0.2, 0.25) is 15.9 Å². The normalized spacial score (nSPS) is 13.3. The first-order chi connectivity index (χ1) is 16.0. The van der Waals surface area contributed by atoms with Crippen LogP contribution in [0, 0.1) is 12.8 Å². The Hall–Kier alpha value is -2.83. The number of nitrogens with zero attached hydrogens (tertiary/aromatic N) is 2. The second-order valence-corrected chi connectivity index (χ2v) is 10.7. The number of aromatic nitrogens is 2. The van der Waals surface area contributed by atoms with Crippen LogP contribution in [0.3, 0.4) is 0 Å². The van der Waals surface area contributed by atoms with Crippen LogP contribution in [-0.2, 0) is 24.4 Å². The van der Waals surface area contributed by atoms with Gasteiger partial charge in [0, 0.05) is 12.4 Å². The summed E-state index contributed by atoms with van der Waals surface area (Å²) in [6, 6.07) is 5.24.